The predicted octanol–water partition coefficient (Wildman–Crippen LogP) is 1.78. The number of benzene rings is 2. The van der Waals surface area contributed by atoms with Crippen molar-refractivity contribution in [2.24, 2.45) is 7.05 Å². The molecule has 2 heterocycles. The van der Waals surface area contributed by atoms with Crippen LogP contribution < -0.4 is 14.5 Å². The van der Waals surface area contributed by atoms with Gasteiger partial charge in [-0.05, 0) is 24.3 Å². The smallest absolute Gasteiger partial charge is 0.169 e. The SMILES string of the molecule is COc1ccccc1N1CC[NH+](C/C(O)=C(\C#N)c2nc3ccccc3n2C)CC1. The number of aliphatic hydroxyl groups excluding tert-OH is 1. The van der Waals surface area contributed by atoms with E-state index >= 15 is 0 Å². The topological polar surface area (TPSA) is 78.8 Å². The van der Waals surface area contributed by atoms with Crippen LogP contribution in [0.3, 0.4) is 0 Å². The van der Waals surface area contributed by atoms with Crippen LogP contribution in [-0.4, -0.2) is 54.5 Å². The Kier molecular flexibility index (Phi) is 5.59. The molecule has 1 aliphatic rings. The van der Waals surface area contributed by atoms with Gasteiger partial charge in [0.1, 0.15) is 23.9 Å². The van der Waals surface area contributed by atoms with E-state index in [1.165, 1.54) is 4.90 Å². The summed E-state index contributed by atoms with van der Waals surface area (Å²) in [5, 5.41) is 20.5. The minimum absolute atomic E-state index is 0.0941. The number of aryl methyl sites for hydroxylation is 1. The van der Waals surface area contributed by atoms with Crippen molar-refractivity contribution in [1.82, 2.24) is 9.55 Å². The van der Waals surface area contributed by atoms with E-state index in [-0.39, 0.29) is 11.3 Å². The number of nitrogens with zero attached hydrogens (tertiary/aromatic N) is 4. The van der Waals surface area contributed by atoms with Crippen LogP contribution >= 0.6 is 0 Å². The van der Waals surface area contributed by atoms with Crippen LogP contribution in [0.15, 0.2) is 54.3 Å². The summed E-state index contributed by atoms with van der Waals surface area (Å²) < 4.78 is 7.34. The summed E-state index contributed by atoms with van der Waals surface area (Å²) in [6.07, 6.45) is 0. The molecular formula is C23H26N5O2+. The fraction of sp³-hybridized carbons (Fsp3) is 0.304. The normalized spacial score (nSPS) is 15.7. The third-order valence-electron chi connectivity index (χ3n) is 5.72. The van der Waals surface area contributed by atoms with Gasteiger partial charge in [0.2, 0.25) is 0 Å². The number of ether oxygens (including phenoxy) is 1. The summed E-state index contributed by atoms with van der Waals surface area (Å²) in [6, 6.07) is 17.9. The van der Waals surface area contributed by atoms with Gasteiger partial charge in [0.25, 0.3) is 0 Å². The number of imidazole rings is 1. The summed E-state index contributed by atoms with van der Waals surface area (Å²) in [5.74, 6) is 1.47. The van der Waals surface area contributed by atoms with Crippen molar-refractivity contribution >= 4 is 22.3 Å². The number of piperazine rings is 1. The first-order chi connectivity index (χ1) is 14.6. The molecule has 1 aliphatic heterocycles. The Balaban J connectivity index is 1.49. The molecule has 0 atom stereocenters. The zero-order valence-corrected chi connectivity index (χ0v) is 17.3. The maximum absolute atomic E-state index is 10.8. The summed E-state index contributed by atoms with van der Waals surface area (Å²) in [5.41, 5.74) is 3.09. The lowest BCUT2D eigenvalue weighted by Gasteiger charge is -2.34. The minimum Gasteiger partial charge on any atom is -0.506 e. The van der Waals surface area contributed by atoms with Crippen molar-refractivity contribution in [1.29, 1.82) is 5.26 Å². The van der Waals surface area contributed by atoms with Crippen LogP contribution in [0.4, 0.5) is 5.69 Å². The molecular weight excluding hydrogens is 378 g/mol. The third-order valence-corrected chi connectivity index (χ3v) is 5.72. The molecule has 7 nitrogen and oxygen atoms in total. The molecule has 2 N–H and O–H groups in total. The molecule has 30 heavy (non-hydrogen) atoms. The minimum atomic E-state index is 0.0941. The van der Waals surface area contributed by atoms with E-state index in [4.69, 9.17) is 4.74 Å². The molecule has 1 fully saturated rings. The van der Waals surface area contributed by atoms with E-state index in [1.54, 1.807) is 7.11 Å². The molecule has 0 radical (unpaired) electrons. The zero-order valence-electron chi connectivity index (χ0n) is 17.3. The fourth-order valence-corrected chi connectivity index (χ4v) is 4.07. The van der Waals surface area contributed by atoms with Gasteiger partial charge in [0.15, 0.2) is 11.6 Å². The molecule has 2 aromatic carbocycles. The predicted molar refractivity (Wildman–Crippen MR) is 117 cm³/mol. The highest BCUT2D eigenvalue weighted by atomic mass is 16.5. The highest BCUT2D eigenvalue weighted by molar-refractivity contribution is 5.83. The van der Waals surface area contributed by atoms with Crippen LogP contribution in [0.5, 0.6) is 5.75 Å². The average molecular weight is 404 g/mol. The highest BCUT2D eigenvalue weighted by Crippen LogP contribution is 2.27. The number of fused-ring (bicyclic) bond motifs is 1. The molecule has 1 saturated heterocycles. The molecule has 7 heteroatoms. The highest BCUT2D eigenvalue weighted by Gasteiger charge is 2.25. The second-order valence-electron chi connectivity index (χ2n) is 7.50. The Morgan fingerprint density at radius 2 is 1.87 bits per heavy atom. The van der Waals surface area contributed by atoms with E-state index in [0.29, 0.717) is 12.4 Å². The van der Waals surface area contributed by atoms with Crippen LogP contribution in [-0.2, 0) is 7.05 Å². The van der Waals surface area contributed by atoms with Gasteiger partial charge in [0, 0.05) is 7.05 Å². The fourth-order valence-electron chi connectivity index (χ4n) is 4.07. The van der Waals surface area contributed by atoms with Crippen molar-refractivity contribution in [3.05, 3.63) is 60.1 Å². The maximum atomic E-state index is 10.8. The molecule has 0 aliphatic carbocycles. The number of hydrogen-bond donors (Lipinski definition) is 2. The van der Waals surface area contributed by atoms with E-state index in [2.05, 4.69) is 22.0 Å². The van der Waals surface area contributed by atoms with E-state index in [9.17, 15) is 10.4 Å². The van der Waals surface area contributed by atoms with Crippen molar-refractivity contribution < 1.29 is 14.7 Å². The number of aromatic nitrogens is 2. The Morgan fingerprint density at radius 3 is 2.57 bits per heavy atom. The molecule has 0 unspecified atom stereocenters. The molecule has 3 aromatic rings. The number of nitrogens with one attached hydrogen (secondary N) is 1. The van der Waals surface area contributed by atoms with Gasteiger partial charge < -0.3 is 24.2 Å². The van der Waals surface area contributed by atoms with E-state index in [0.717, 1.165) is 48.6 Å². The van der Waals surface area contributed by atoms with Crippen molar-refractivity contribution in [3.8, 4) is 11.8 Å². The maximum Gasteiger partial charge on any atom is 0.169 e. The second-order valence-corrected chi connectivity index (χ2v) is 7.50. The van der Waals surface area contributed by atoms with Gasteiger partial charge in [-0.3, -0.25) is 0 Å². The molecule has 0 amide bonds. The summed E-state index contributed by atoms with van der Waals surface area (Å²) in [4.78, 5) is 8.11. The summed E-state index contributed by atoms with van der Waals surface area (Å²) >= 11 is 0. The molecule has 0 saturated carbocycles. The third kappa shape index (κ3) is 3.70. The molecule has 0 spiro atoms. The number of para-hydroxylation sites is 4. The standard InChI is InChI=1S/C23H25N5O2/c1-26-19-8-4-3-7-18(19)25-23(26)17(15-24)21(29)16-27-11-13-28(14-12-27)20-9-5-6-10-22(20)30-2/h3-10,29H,11-14,16H2,1-2H3/p+1/b21-17-. The van der Waals surface area contributed by atoms with E-state index in [1.807, 2.05) is 54.1 Å². The number of nitriles is 1. The lowest BCUT2D eigenvalue weighted by atomic mass is 10.2. The Labute approximate surface area is 176 Å². The van der Waals surface area contributed by atoms with Gasteiger partial charge in [-0.2, -0.15) is 5.26 Å². The first kappa shape index (κ1) is 19.8. The number of aliphatic hydroxyl groups is 1. The summed E-state index contributed by atoms with van der Waals surface area (Å²) in [7, 11) is 3.56. The number of rotatable bonds is 5. The molecule has 154 valence electrons. The van der Waals surface area contributed by atoms with Crippen molar-refractivity contribution in [3.63, 3.8) is 0 Å². The number of allylic oxidation sites excluding steroid dienone is 1. The largest absolute Gasteiger partial charge is 0.506 e. The summed E-state index contributed by atoms with van der Waals surface area (Å²) in [6.45, 7) is 3.85. The van der Waals surface area contributed by atoms with Crippen LogP contribution in [0.25, 0.3) is 16.6 Å². The lowest BCUT2D eigenvalue weighted by Crippen LogP contribution is -3.15. The molecule has 4 rings (SSSR count). The van der Waals surface area contributed by atoms with Crippen LogP contribution in [0.2, 0.25) is 0 Å². The van der Waals surface area contributed by atoms with Gasteiger partial charge in [-0.1, -0.05) is 24.3 Å². The van der Waals surface area contributed by atoms with Gasteiger partial charge in [-0.25, -0.2) is 4.98 Å². The average Bonchev–Trinajstić information content (AvgIpc) is 3.11. The number of methoxy groups -OCH3 is 1. The first-order valence-corrected chi connectivity index (χ1v) is 10.1. The molecule has 0 bridgehead atoms. The van der Waals surface area contributed by atoms with E-state index < -0.39 is 0 Å². The Hall–Kier alpha value is -3.50. The Morgan fingerprint density at radius 1 is 1.17 bits per heavy atom. The van der Waals surface area contributed by atoms with Gasteiger partial charge in [-0.15, -0.1) is 0 Å². The lowest BCUT2D eigenvalue weighted by molar-refractivity contribution is -0.897. The van der Waals surface area contributed by atoms with Crippen molar-refractivity contribution in [2.75, 3.05) is 44.7 Å². The first-order valence-electron chi connectivity index (χ1n) is 10.1. The van der Waals surface area contributed by atoms with Crippen LogP contribution in [0, 0.1) is 11.3 Å². The van der Waals surface area contributed by atoms with Gasteiger partial charge in [0.05, 0.1) is 50.0 Å². The zero-order chi connectivity index (χ0) is 21.1. The number of quaternary nitrogens is 1. The molecule has 1 aromatic heterocycles. The van der Waals surface area contributed by atoms with Crippen LogP contribution in [0.1, 0.15) is 5.82 Å². The van der Waals surface area contributed by atoms with Crippen molar-refractivity contribution in [2.45, 2.75) is 0 Å². The number of hydrogen-bond acceptors (Lipinski definition) is 5. The van der Waals surface area contributed by atoms with Gasteiger partial charge >= 0.3 is 0 Å². The number of anilines is 1. The Bertz CT molecular complexity index is 1120. The monoisotopic (exact) mass is 404 g/mol. The second kappa shape index (κ2) is 8.47. The quantitative estimate of drug-likeness (QED) is 0.501.